The molecule has 118 valence electrons. The molecule has 1 heterocycles. The maximum absolute atomic E-state index is 11.4. The largest absolute Gasteiger partial charge is 0.481 e. The monoisotopic (exact) mass is 305 g/mol. The van der Waals surface area contributed by atoms with E-state index in [2.05, 4.69) is 17.6 Å². The molecular weight excluding hydrogens is 286 g/mol. The average Bonchev–Trinajstić information content (AvgIpc) is 2.91. The molecule has 0 radical (unpaired) electrons. The zero-order chi connectivity index (χ0) is 15.7. The second kappa shape index (κ2) is 5.47. The third kappa shape index (κ3) is 2.84. The molecule has 3 rings (SSSR count). The van der Waals surface area contributed by atoms with Gasteiger partial charge in [-0.2, -0.15) is 0 Å². The average molecular weight is 305 g/mol. The van der Waals surface area contributed by atoms with Crippen LogP contribution in [0.2, 0.25) is 0 Å². The van der Waals surface area contributed by atoms with E-state index in [0.29, 0.717) is 23.7 Å². The molecule has 7 heteroatoms. The highest BCUT2D eigenvalue weighted by atomic mass is 16.6. The summed E-state index contributed by atoms with van der Waals surface area (Å²) in [5.74, 6) is 0.0824. The minimum atomic E-state index is -0.431. The molecule has 1 saturated carbocycles. The molecule has 1 aromatic rings. The number of carbonyl (C=O) groups is 1. The number of amides is 1. The lowest BCUT2D eigenvalue weighted by Crippen LogP contribution is -2.26. The number of rotatable bonds is 4. The van der Waals surface area contributed by atoms with E-state index in [1.165, 1.54) is 18.9 Å². The molecule has 1 aromatic carbocycles. The van der Waals surface area contributed by atoms with Crippen molar-refractivity contribution in [3.63, 3.8) is 0 Å². The van der Waals surface area contributed by atoms with Crippen molar-refractivity contribution in [1.29, 1.82) is 0 Å². The van der Waals surface area contributed by atoms with E-state index in [1.54, 1.807) is 6.07 Å². The molecule has 1 fully saturated rings. The van der Waals surface area contributed by atoms with Crippen LogP contribution < -0.4 is 15.4 Å². The Labute approximate surface area is 128 Å². The number of anilines is 2. The van der Waals surface area contributed by atoms with E-state index in [1.807, 2.05) is 0 Å². The van der Waals surface area contributed by atoms with Gasteiger partial charge in [-0.3, -0.25) is 14.9 Å². The molecule has 7 nitrogen and oxygen atoms in total. The first-order chi connectivity index (χ1) is 10.5. The van der Waals surface area contributed by atoms with Crippen molar-refractivity contribution in [3.05, 3.63) is 22.2 Å². The number of carbonyl (C=O) groups excluding carboxylic acids is 1. The number of fused-ring (bicyclic) bond motifs is 1. The van der Waals surface area contributed by atoms with Crippen molar-refractivity contribution in [1.82, 2.24) is 0 Å². The van der Waals surface area contributed by atoms with Crippen molar-refractivity contribution < 1.29 is 14.5 Å². The van der Waals surface area contributed by atoms with Crippen LogP contribution in [0, 0.1) is 15.5 Å². The van der Waals surface area contributed by atoms with Gasteiger partial charge in [0.25, 0.3) is 11.6 Å². The van der Waals surface area contributed by atoms with Crippen LogP contribution in [0.25, 0.3) is 0 Å². The first-order valence-electron chi connectivity index (χ1n) is 7.46. The van der Waals surface area contributed by atoms with Crippen LogP contribution in [0.1, 0.15) is 32.6 Å². The predicted molar refractivity (Wildman–Crippen MR) is 82.3 cm³/mol. The summed E-state index contributed by atoms with van der Waals surface area (Å²) in [6.45, 7) is 2.76. The highest BCUT2D eigenvalue weighted by molar-refractivity contribution is 5.96. The summed E-state index contributed by atoms with van der Waals surface area (Å²) in [5.41, 5.74) is 1.03. The van der Waals surface area contributed by atoms with Crippen molar-refractivity contribution in [3.8, 4) is 5.75 Å². The van der Waals surface area contributed by atoms with Crippen LogP contribution >= 0.6 is 0 Å². The molecule has 2 N–H and O–H groups in total. The third-order valence-corrected chi connectivity index (χ3v) is 4.44. The highest BCUT2D eigenvalue weighted by Crippen LogP contribution is 2.41. The Morgan fingerprint density at radius 2 is 2.14 bits per heavy atom. The van der Waals surface area contributed by atoms with Gasteiger partial charge in [-0.1, -0.05) is 19.8 Å². The fourth-order valence-corrected chi connectivity index (χ4v) is 3.12. The topological polar surface area (TPSA) is 93.5 Å². The fraction of sp³-hybridized carbons (Fsp3) is 0.533. The smallest absolute Gasteiger partial charge is 0.296 e. The van der Waals surface area contributed by atoms with Gasteiger partial charge >= 0.3 is 0 Å². The van der Waals surface area contributed by atoms with Crippen molar-refractivity contribution in [2.45, 2.75) is 32.6 Å². The van der Waals surface area contributed by atoms with Gasteiger partial charge in [-0.25, -0.2) is 0 Å². The maximum atomic E-state index is 11.4. The Kier molecular flexibility index (Phi) is 3.64. The van der Waals surface area contributed by atoms with Gasteiger partial charge in [0.05, 0.1) is 16.7 Å². The van der Waals surface area contributed by atoms with Crippen LogP contribution in [0.4, 0.5) is 17.1 Å². The lowest BCUT2D eigenvalue weighted by atomic mass is 9.89. The van der Waals surface area contributed by atoms with Crippen LogP contribution in [0.15, 0.2) is 12.1 Å². The number of nitrogens with zero attached hydrogens (tertiary/aromatic N) is 1. The van der Waals surface area contributed by atoms with E-state index in [0.717, 1.165) is 12.8 Å². The molecule has 0 aromatic heterocycles. The predicted octanol–water partition coefficient (Wildman–Crippen LogP) is 2.92. The lowest BCUT2D eigenvalue weighted by Gasteiger charge is -2.25. The van der Waals surface area contributed by atoms with Gasteiger partial charge in [-0.05, 0) is 24.3 Å². The second-order valence-corrected chi connectivity index (χ2v) is 6.33. The van der Waals surface area contributed by atoms with Crippen molar-refractivity contribution >= 4 is 23.0 Å². The first-order valence-corrected chi connectivity index (χ1v) is 7.46. The van der Waals surface area contributed by atoms with Gasteiger partial charge in [0.2, 0.25) is 0 Å². The molecule has 1 aliphatic heterocycles. The third-order valence-electron chi connectivity index (χ3n) is 4.44. The Balaban J connectivity index is 1.86. The van der Waals surface area contributed by atoms with Crippen molar-refractivity contribution in [2.24, 2.45) is 5.41 Å². The zero-order valence-corrected chi connectivity index (χ0v) is 12.5. The lowest BCUT2D eigenvalue weighted by molar-refractivity contribution is -0.384. The Bertz CT molecular complexity index is 623. The van der Waals surface area contributed by atoms with Crippen LogP contribution in [0.5, 0.6) is 5.75 Å². The summed E-state index contributed by atoms with van der Waals surface area (Å²) >= 11 is 0. The molecule has 1 aliphatic carbocycles. The molecule has 1 amide bonds. The van der Waals surface area contributed by atoms with E-state index in [4.69, 9.17) is 4.74 Å². The summed E-state index contributed by atoms with van der Waals surface area (Å²) in [5, 5.41) is 17.1. The number of hydrogen-bond acceptors (Lipinski definition) is 5. The minimum absolute atomic E-state index is 0.0310. The van der Waals surface area contributed by atoms with Gasteiger partial charge in [-0.15, -0.1) is 0 Å². The standard InChI is InChI=1S/C15H19N3O4/c1-15(4-2-3-5-15)9-16-10-6-11-13(7-12(10)18(20)21)22-8-14(19)17-11/h6-7,16H,2-5,8-9H2,1H3,(H,17,19). The first kappa shape index (κ1) is 14.6. The van der Waals surface area contributed by atoms with E-state index >= 15 is 0 Å². The summed E-state index contributed by atoms with van der Waals surface area (Å²) in [6.07, 6.45) is 4.65. The maximum Gasteiger partial charge on any atom is 0.296 e. The minimum Gasteiger partial charge on any atom is -0.481 e. The number of nitro benzene ring substituents is 1. The van der Waals surface area contributed by atoms with Crippen molar-refractivity contribution in [2.75, 3.05) is 23.8 Å². The normalized spacial score (nSPS) is 19.0. The molecule has 0 spiro atoms. The Hall–Kier alpha value is -2.31. The SMILES string of the molecule is CC1(CNc2cc3c(cc2[N+](=O)[O-])OCC(=O)N3)CCCC1. The van der Waals surface area contributed by atoms with Crippen LogP contribution in [-0.4, -0.2) is 24.0 Å². The number of nitrogens with one attached hydrogen (secondary N) is 2. The van der Waals surface area contributed by atoms with E-state index < -0.39 is 4.92 Å². The van der Waals surface area contributed by atoms with Gasteiger partial charge < -0.3 is 15.4 Å². The van der Waals surface area contributed by atoms with Crippen LogP contribution in [-0.2, 0) is 4.79 Å². The number of nitro groups is 1. The van der Waals surface area contributed by atoms with E-state index in [-0.39, 0.29) is 23.6 Å². The van der Waals surface area contributed by atoms with E-state index in [9.17, 15) is 14.9 Å². The fourth-order valence-electron chi connectivity index (χ4n) is 3.12. The molecule has 2 aliphatic rings. The Morgan fingerprint density at radius 3 is 2.82 bits per heavy atom. The number of benzene rings is 1. The summed E-state index contributed by atoms with van der Waals surface area (Å²) in [7, 11) is 0. The highest BCUT2D eigenvalue weighted by Gasteiger charge is 2.30. The molecule has 0 atom stereocenters. The van der Waals surface area contributed by atoms with Gasteiger partial charge in [0.1, 0.15) is 5.69 Å². The summed E-state index contributed by atoms with van der Waals surface area (Å²) in [6, 6.07) is 2.96. The molecular formula is C15H19N3O4. The second-order valence-electron chi connectivity index (χ2n) is 6.33. The quantitative estimate of drug-likeness (QED) is 0.659. The summed E-state index contributed by atoms with van der Waals surface area (Å²) < 4.78 is 5.24. The van der Waals surface area contributed by atoms with Gasteiger partial charge in [0.15, 0.2) is 12.4 Å². The molecule has 22 heavy (non-hydrogen) atoms. The number of ether oxygens (including phenoxy) is 1. The van der Waals surface area contributed by atoms with Gasteiger partial charge in [0, 0.05) is 6.54 Å². The molecule has 0 saturated heterocycles. The Morgan fingerprint density at radius 1 is 1.41 bits per heavy atom. The molecule has 0 bridgehead atoms. The zero-order valence-electron chi connectivity index (χ0n) is 12.5. The molecule has 0 unspecified atom stereocenters. The number of hydrogen-bond donors (Lipinski definition) is 2. The van der Waals surface area contributed by atoms with Crippen LogP contribution in [0.3, 0.4) is 0 Å². The summed E-state index contributed by atoms with van der Waals surface area (Å²) in [4.78, 5) is 22.2.